The Labute approximate surface area is 181 Å². The molecule has 0 radical (unpaired) electrons. The summed E-state index contributed by atoms with van der Waals surface area (Å²) in [6.07, 6.45) is 0.923. The number of carbonyl (C=O) groups is 1. The maximum atomic E-state index is 12.7. The second-order valence-electron chi connectivity index (χ2n) is 6.67. The monoisotopic (exact) mass is 425 g/mol. The lowest BCUT2D eigenvalue weighted by molar-refractivity contribution is 0.0954. The van der Waals surface area contributed by atoms with Gasteiger partial charge in [0.05, 0.1) is 19.4 Å². The van der Waals surface area contributed by atoms with E-state index in [1.807, 2.05) is 50.2 Å². The predicted molar refractivity (Wildman–Crippen MR) is 121 cm³/mol. The van der Waals surface area contributed by atoms with E-state index in [9.17, 15) is 4.79 Å². The second-order valence-corrected chi connectivity index (χ2v) is 7.67. The summed E-state index contributed by atoms with van der Waals surface area (Å²) in [4.78, 5) is 17.9. The molecule has 0 atom stereocenters. The first-order valence-electron chi connectivity index (χ1n) is 9.96. The summed E-state index contributed by atoms with van der Waals surface area (Å²) >= 11 is 1.36. The van der Waals surface area contributed by atoms with E-state index in [-0.39, 0.29) is 5.91 Å². The van der Waals surface area contributed by atoms with Crippen molar-refractivity contribution in [3.05, 3.63) is 64.2 Å². The van der Waals surface area contributed by atoms with Crippen LogP contribution in [0.1, 0.15) is 40.3 Å². The normalized spacial score (nSPS) is 10.5. The summed E-state index contributed by atoms with van der Waals surface area (Å²) in [6, 6.07) is 13.8. The molecule has 2 aromatic carbocycles. The minimum absolute atomic E-state index is 0.143. The largest absolute Gasteiger partial charge is 0.493 e. The average Bonchev–Trinajstić information content (AvgIpc) is 3.13. The standard InChI is InChI=1S/C23H27N3O3S/c1-5-17-9-7-8-10-18(17)26-23-25-15(3)21(30-23)22(27)24-14-16-11-12-19(28-4)20(13-16)29-6-2/h7-13H,5-6,14H2,1-4H3,(H,24,27)(H,25,26). The zero-order chi connectivity index (χ0) is 21.5. The molecule has 0 bridgehead atoms. The van der Waals surface area contributed by atoms with Crippen molar-refractivity contribution in [2.24, 2.45) is 0 Å². The van der Waals surface area contributed by atoms with Crippen LogP contribution in [0.4, 0.5) is 10.8 Å². The number of methoxy groups -OCH3 is 1. The number of nitrogens with zero attached hydrogens (tertiary/aromatic N) is 1. The number of aryl methyl sites for hydroxylation is 2. The number of hydrogen-bond donors (Lipinski definition) is 2. The number of anilines is 2. The Morgan fingerprint density at radius 3 is 2.67 bits per heavy atom. The zero-order valence-electron chi connectivity index (χ0n) is 17.7. The molecule has 1 aromatic heterocycles. The lowest BCUT2D eigenvalue weighted by Gasteiger charge is -2.11. The van der Waals surface area contributed by atoms with E-state index in [4.69, 9.17) is 9.47 Å². The van der Waals surface area contributed by atoms with Crippen molar-refractivity contribution in [2.45, 2.75) is 33.7 Å². The number of nitrogens with one attached hydrogen (secondary N) is 2. The Morgan fingerprint density at radius 2 is 1.93 bits per heavy atom. The van der Waals surface area contributed by atoms with Crippen LogP contribution >= 0.6 is 11.3 Å². The van der Waals surface area contributed by atoms with Crippen LogP contribution in [-0.2, 0) is 13.0 Å². The van der Waals surface area contributed by atoms with E-state index in [0.29, 0.717) is 40.4 Å². The molecule has 3 rings (SSSR count). The predicted octanol–water partition coefficient (Wildman–Crippen LogP) is 5.09. The van der Waals surface area contributed by atoms with Crippen LogP contribution in [0.2, 0.25) is 0 Å². The molecular weight excluding hydrogens is 398 g/mol. The number of para-hydroxylation sites is 1. The lowest BCUT2D eigenvalue weighted by atomic mass is 10.1. The van der Waals surface area contributed by atoms with Gasteiger partial charge in [-0.1, -0.05) is 42.5 Å². The van der Waals surface area contributed by atoms with Gasteiger partial charge >= 0.3 is 0 Å². The average molecular weight is 426 g/mol. The molecule has 3 aromatic rings. The maximum Gasteiger partial charge on any atom is 0.263 e. The third kappa shape index (κ3) is 5.10. The van der Waals surface area contributed by atoms with E-state index in [0.717, 1.165) is 17.7 Å². The van der Waals surface area contributed by atoms with Gasteiger partial charge < -0.3 is 20.1 Å². The molecule has 30 heavy (non-hydrogen) atoms. The van der Waals surface area contributed by atoms with Gasteiger partial charge in [0.1, 0.15) is 4.88 Å². The van der Waals surface area contributed by atoms with Crippen LogP contribution in [0.3, 0.4) is 0 Å². The van der Waals surface area contributed by atoms with Gasteiger partial charge in [0.25, 0.3) is 5.91 Å². The molecule has 0 saturated carbocycles. The van der Waals surface area contributed by atoms with E-state index in [1.165, 1.54) is 16.9 Å². The molecule has 0 aliphatic heterocycles. The van der Waals surface area contributed by atoms with E-state index >= 15 is 0 Å². The van der Waals surface area contributed by atoms with Crippen molar-refractivity contribution < 1.29 is 14.3 Å². The summed E-state index contributed by atoms with van der Waals surface area (Å²) in [6.45, 7) is 6.82. The molecule has 0 saturated heterocycles. The highest BCUT2D eigenvalue weighted by molar-refractivity contribution is 7.17. The molecule has 2 N–H and O–H groups in total. The highest BCUT2D eigenvalue weighted by atomic mass is 32.1. The Bertz CT molecular complexity index is 1020. The molecule has 0 aliphatic rings. The highest BCUT2D eigenvalue weighted by Crippen LogP contribution is 2.29. The summed E-state index contributed by atoms with van der Waals surface area (Å²) in [7, 11) is 1.61. The van der Waals surface area contributed by atoms with Gasteiger partial charge in [-0.15, -0.1) is 0 Å². The molecule has 6 nitrogen and oxygen atoms in total. The van der Waals surface area contributed by atoms with E-state index in [2.05, 4.69) is 28.6 Å². The topological polar surface area (TPSA) is 72.5 Å². The maximum absolute atomic E-state index is 12.7. The summed E-state index contributed by atoms with van der Waals surface area (Å²) in [5.41, 5.74) is 3.87. The first-order chi connectivity index (χ1) is 14.5. The molecule has 7 heteroatoms. The van der Waals surface area contributed by atoms with Gasteiger partial charge in [-0.2, -0.15) is 0 Å². The van der Waals surface area contributed by atoms with Gasteiger partial charge in [-0.3, -0.25) is 4.79 Å². The second kappa shape index (κ2) is 10.1. The molecule has 0 fully saturated rings. The fraction of sp³-hybridized carbons (Fsp3) is 0.304. The van der Waals surface area contributed by atoms with Crippen LogP contribution in [0.15, 0.2) is 42.5 Å². The number of benzene rings is 2. The molecule has 1 heterocycles. The SMILES string of the molecule is CCOc1cc(CNC(=O)c2sc(Nc3ccccc3CC)nc2C)ccc1OC. The number of thiazole rings is 1. The first kappa shape index (κ1) is 21.6. The van der Waals surface area contributed by atoms with Crippen molar-refractivity contribution in [1.82, 2.24) is 10.3 Å². The quantitative estimate of drug-likeness (QED) is 0.499. The van der Waals surface area contributed by atoms with Crippen LogP contribution < -0.4 is 20.1 Å². The number of aromatic nitrogens is 1. The van der Waals surface area contributed by atoms with Crippen LogP contribution in [-0.4, -0.2) is 24.6 Å². The van der Waals surface area contributed by atoms with E-state index in [1.54, 1.807) is 7.11 Å². The number of carbonyl (C=O) groups excluding carboxylic acids is 1. The van der Waals surface area contributed by atoms with Crippen molar-refractivity contribution in [3.63, 3.8) is 0 Å². The Hall–Kier alpha value is -3.06. The van der Waals surface area contributed by atoms with Crippen molar-refractivity contribution in [2.75, 3.05) is 19.0 Å². The van der Waals surface area contributed by atoms with Crippen LogP contribution in [0.5, 0.6) is 11.5 Å². The molecular formula is C23H27N3O3S. The third-order valence-electron chi connectivity index (χ3n) is 4.62. The smallest absolute Gasteiger partial charge is 0.263 e. The molecule has 0 aliphatic carbocycles. The van der Waals surface area contributed by atoms with Gasteiger partial charge in [0.15, 0.2) is 16.6 Å². The minimum atomic E-state index is -0.143. The number of ether oxygens (including phenoxy) is 2. The lowest BCUT2D eigenvalue weighted by Crippen LogP contribution is -2.22. The van der Waals surface area contributed by atoms with Gasteiger partial charge in [-0.25, -0.2) is 4.98 Å². The first-order valence-corrected chi connectivity index (χ1v) is 10.8. The van der Waals surface area contributed by atoms with Crippen molar-refractivity contribution >= 4 is 28.1 Å². The molecule has 1 amide bonds. The van der Waals surface area contributed by atoms with Gasteiger partial charge in [0.2, 0.25) is 0 Å². The fourth-order valence-electron chi connectivity index (χ4n) is 3.09. The summed E-state index contributed by atoms with van der Waals surface area (Å²) in [5, 5.41) is 7.02. The van der Waals surface area contributed by atoms with Crippen molar-refractivity contribution in [1.29, 1.82) is 0 Å². The summed E-state index contributed by atoms with van der Waals surface area (Å²) < 4.78 is 10.9. The fourth-order valence-corrected chi connectivity index (χ4v) is 3.98. The Balaban J connectivity index is 1.68. The Kier molecular flexibility index (Phi) is 7.30. The Morgan fingerprint density at radius 1 is 1.13 bits per heavy atom. The number of rotatable bonds is 9. The van der Waals surface area contributed by atoms with Gasteiger partial charge in [-0.05, 0) is 49.6 Å². The third-order valence-corrected chi connectivity index (χ3v) is 5.70. The minimum Gasteiger partial charge on any atom is -0.493 e. The summed E-state index contributed by atoms with van der Waals surface area (Å²) in [5.74, 6) is 1.20. The van der Waals surface area contributed by atoms with Crippen LogP contribution in [0.25, 0.3) is 0 Å². The van der Waals surface area contributed by atoms with Gasteiger partial charge in [0, 0.05) is 12.2 Å². The van der Waals surface area contributed by atoms with Crippen molar-refractivity contribution in [3.8, 4) is 11.5 Å². The zero-order valence-corrected chi connectivity index (χ0v) is 18.6. The molecule has 0 spiro atoms. The molecule has 158 valence electrons. The number of amides is 1. The number of hydrogen-bond acceptors (Lipinski definition) is 6. The van der Waals surface area contributed by atoms with E-state index < -0.39 is 0 Å². The highest BCUT2D eigenvalue weighted by Gasteiger charge is 2.16. The van der Waals surface area contributed by atoms with Crippen LogP contribution in [0, 0.1) is 6.92 Å². The molecule has 0 unspecified atom stereocenters.